The number of hydrogen-bond donors (Lipinski definition) is 2. The summed E-state index contributed by atoms with van der Waals surface area (Å²) < 4.78 is 18.6. The Kier molecular flexibility index (Phi) is 7.06. The standard InChI is InChI=1S/C26H24ClFN2O3/c27-21-5-2-4-20(16-21)26(11-13-33-14-12-26)17-29-24(31)19-3-1-6-23(15-19)30-25(32)18-7-9-22(28)10-8-18/h1-10,15-16H,11-14,17H2,(H,29,31)(H,30,32). The van der Waals surface area contributed by atoms with E-state index in [0.717, 1.165) is 18.4 Å². The molecule has 2 N–H and O–H groups in total. The summed E-state index contributed by atoms with van der Waals surface area (Å²) in [6, 6.07) is 19.7. The summed E-state index contributed by atoms with van der Waals surface area (Å²) in [5.41, 5.74) is 2.06. The van der Waals surface area contributed by atoms with Crippen LogP contribution in [-0.2, 0) is 10.2 Å². The lowest BCUT2D eigenvalue weighted by Gasteiger charge is -2.38. The molecule has 7 heteroatoms. The maximum atomic E-state index is 13.1. The van der Waals surface area contributed by atoms with Crippen molar-refractivity contribution in [2.75, 3.05) is 25.1 Å². The lowest BCUT2D eigenvalue weighted by Crippen LogP contribution is -2.44. The number of carbonyl (C=O) groups excluding carboxylic acids is 2. The Morgan fingerprint density at radius 1 is 0.909 bits per heavy atom. The van der Waals surface area contributed by atoms with Crippen LogP contribution in [0.2, 0.25) is 5.02 Å². The molecule has 0 radical (unpaired) electrons. The third-order valence-corrected chi connectivity index (χ3v) is 6.20. The topological polar surface area (TPSA) is 67.4 Å². The van der Waals surface area contributed by atoms with Crippen LogP contribution < -0.4 is 10.6 Å². The van der Waals surface area contributed by atoms with E-state index in [1.54, 1.807) is 24.3 Å². The molecule has 33 heavy (non-hydrogen) atoms. The van der Waals surface area contributed by atoms with Crippen LogP contribution in [0.1, 0.15) is 39.1 Å². The second kappa shape index (κ2) is 10.1. The minimum absolute atomic E-state index is 0.235. The molecule has 1 aliphatic rings. The molecule has 0 bridgehead atoms. The van der Waals surface area contributed by atoms with Gasteiger partial charge in [0, 0.05) is 47.0 Å². The van der Waals surface area contributed by atoms with Crippen LogP contribution in [0.15, 0.2) is 72.8 Å². The van der Waals surface area contributed by atoms with Crippen molar-refractivity contribution in [3.63, 3.8) is 0 Å². The van der Waals surface area contributed by atoms with Crippen LogP contribution in [0, 0.1) is 5.82 Å². The highest BCUT2D eigenvalue weighted by Gasteiger charge is 2.35. The summed E-state index contributed by atoms with van der Waals surface area (Å²) in [6.07, 6.45) is 1.56. The molecule has 2 amide bonds. The van der Waals surface area contributed by atoms with Crippen molar-refractivity contribution in [3.05, 3.63) is 100 Å². The maximum Gasteiger partial charge on any atom is 0.255 e. The molecule has 1 heterocycles. The Hall–Kier alpha value is -3.22. The minimum atomic E-state index is -0.412. The molecule has 170 valence electrons. The van der Waals surface area contributed by atoms with Crippen LogP contribution in [-0.4, -0.2) is 31.6 Å². The molecule has 3 aromatic carbocycles. The molecule has 0 spiro atoms. The van der Waals surface area contributed by atoms with Gasteiger partial charge in [0.1, 0.15) is 5.82 Å². The molecule has 0 atom stereocenters. The van der Waals surface area contributed by atoms with Gasteiger partial charge in [-0.2, -0.15) is 0 Å². The van der Waals surface area contributed by atoms with E-state index in [-0.39, 0.29) is 17.2 Å². The Morgan fingerprint density at radius 3 is 2.36 bits per heavy atom. The van der Waals surface area contributed by atoms with Crippen LogP contribution in [0.5, 0.6) is 0 Å². The smallest absolute Gasteiger partial charge is 0.255 e. The van der Waals surface area contributed by atoms with E-state index >= 15 is 0 Å². The van der Waals surface area contributed by atoms with E-state index in [1.807, 2.05) is 24.3 Å². The summed E-state index contributed by atoms with van der Waals surface area (Å²) in [6.45, 7) is 1.68. The number of hydrogen-bond acceptors (Lipinski definition) is 3. The molecular formula is C26H24ClFN2O3. The predicted molar refractivity (Wildman–Crippen MR) is 126 cm³/mol. The van der Waals surface area contributed by atoms with Crippen molar-refractivity contribution in [2.24, 2.45) is 0 Å². The number of nitrogens with one attached hydrogen (secondary N) is 2. The first-order valence-corrected chi connectivity index (χ1v) is 11.1. The summed E-state index contributed by atoms with van der Waals surface area (Å²) >= 11 is 6.22. The Morgan fingerprint density at radius 2 is 1.64 bits per heavy atom. The quantitative estimate of drug-likeness (QED) is 0.524. The Balaban J connectivity index is 1.45. The van der Waals surface area contributed by atoms with Crippen molar-refractivity contribution in [1.29, 1.82) is 0 Å². The first-order valence-electron chi connectivity index (χ1n) is 10.7. The first kappa shape index (κ1) is 23.0. The Labute approximate surface area is 196 Å². The SMILES string of the molecule is O=C(NCC1(c2cccc(Cl)c2)CCOCC1)c1cccc(NC(=O)c2ccc(F)cc2)c1. The van der Waals surface area contributed by atoms with Gasteiger partial charge in [-0.1, -0.05) is 29.8 Å². The van der Waals surface area contributed by atoms with E-state index in [1.165, 1.54) is 24.3 Å². The van der Waals surface area contributed by atoms with Gasteiger partial charge in [0.25, 0.3) is 11.8 Å². The molecule has 0 aliphatic carbocycles. The van der Waals surface area contributed by atoms with E-state index in [0.29, 0.717) is 41.6 Å². The third kappa shape index (κ3) is 5.59. The molecule has 4 rings (SSSR count). The second-order valence-corrected chi connectivity index (χ2v) is 8.56. The van der Waals surface area contributed by atoms with Gasteiger partial charge in [0.2, 0.25) is 0 Å². The molecule has 0 unspecified atom stereocenters. The fourth-order valence-electron chi connectivity index (χ4n) is 4.04. The highest BCUT2D eigenvalue weighted by atomic mass is 35.5. The van der Waals surface area contributed by atoms with Crippen molar-refractivity contribution >= 4 is 29.1 Å². The third-order valence-electron chi connectivity index (χ3n) is 5.96. The van der Waals surface area contributed by atoms with Gasteiger partial charge in [-0.3, -0.25) is 9.59 Å². The van der Waals surface area contributed by atoms with E-state index in [2.05, 4.69) is 10.6 Å². The van der Waals surface area contributed by atoms with Crippen LogP contribution in [0.4, 0.5) is 10.1 Å². The highest BCUT2D eigenvalue weighted by molar-refractivity contribution is 6.30. The minimum Gasteiger partial charge on any atom is -0.381 e. The van der Waals surface area contributed by atoms with Gasteiger partial charge in [-0.15, -0.1) is 0 Å². The highest BCUT2D eigenvalue weighted by Crippen LogP contribution is 2.35. The number of halogens is 2. The van der Waals surface area contributed by atoms with Crippen LogP contribution in [0.3, 0.4) is 0 Å². The second-order valence-electron chi connectivity index (χ2n) is 8.13. The van der Waals surface area contributed by atoms with E-state index in [4.69, 9.17) is 16.3 Å². The van der Waals surface area contributed by atoms with Gasteiger partial charge < -0.3 is 15.4 Å². The van der Waals surface area contributed by atoms with Gasteiger partial charge in [0.15, 0.2) is 0 Å². The van der Waals surface area contributed by atoms with Crippen LogP contribution in [0.25, 0.3) is 0 Å². The normalized spacial score (nSPS) is 15.0. The zero-order valence-corrected chi connectivity index (χ0v) is 18.7. The fraction of sp³-hybridized carbons (Fsp3) is 0.231. The molecule has 1 fully saturated rings. The summed E-state index contributed by atoms with van der Waals surface area (Å²) in [5.74, 6) is -1.03. The van der Waals surface area contributed by atoms with E-state index < -0.39 is 5.82 Å². The number of anilines is 1. The van der Waals surface area contributed by atoms with E-state index in [9.17, 15) is 14.0 Å². The molecule has 1 aliphatic heterocycles. The summed E-state index contributed by atoms with van der Waals surface area (Å²) in [7, 11) is 0. The molecule has 0 saturated carbocycles. The molecule has 0 aromatic heterocycles. The van der Waals surface area contributed by atoms with Crippen LogP contribution >= 0.6 is 11.6 Å². The Bertz CT molecular complexity index is 1140. The van der Waals surface area contributed by atoms with Gasteiger partial charge in [-0.25, -0.2) is 4.39 Å². The zero-order chi connectivity index (χ0) is 23.3. The molecule has 3 aromatic rings. The fourth-order valence-corrected chi connectivity index (χ4v) is 4.23. The molecule has 1 saturated heterocycles. The van der Waals surface area contributed by atoms with Crippen molar-refractivity contribution in [2.45, 2.75) is 18.3 Å². The monoisotopic (exact) mass is 466 g/mol. The number of rotatable bonds is 6. The van der Waals surface area contributed by atoms with Gasteiger partial charge in [-0.05, 0) is 73.0 Å². The summed E-state index contributed by atoms with van der Waals surface area (Å²) in [4.78, 5) is 25.4. The largest absolute Gasteiger partial charge is 0.381 e. The number of carbonyl (C=O) groups is 2. The number of benzene rings is 3. The molecular weight excluding hydrogens is 443 g/mol. The number of ether oxygens (including phenoxy) is 1. The average molecular weight is 467 g/mol. The lowest BCUT2D eigenvalue weighted by molar-refractivity contribution is 0.0487. The van der Waals surface area contributed by atoms with Gasteiger partial charge in [0.05, 0.1) is 0 Å². The average Bonchev–Trinajstić information content (AvgIpc) is 2.83. The van der Waals surface area contributed by atoms with Gasteiger partial charge >= 0.3 is 0 Å². The van der Waals surface area contributed by atoms with Crippen molar-refractivity contribution in [1.82, 2.24) is 5.32 Å². The lowest BCUT2D eigenvalue weighted by atomic mass is 9.74. The number of amides is 2. The zero-order valence-electron chi connectivity index (χ0n) is 17.9. The van der Waals surface area contributed by atoms with Crippen molar-refractivity contribution < 1.29 is 18.7 Å². The predicted octanol–water partition coefficient (Wildman–Crippen LogP) is 5.21. The van der Waals surface area contributed by atoms with Crippen molar-refractivity contribution in [3.8, 4) is 0 Å². The summed E-state index contributed by atoms with van der Waals surface area (Å²) in [5, 5.41) is 6.46. The maximum absolute atomic E-state index is 13.1. The molecule has 5 nitrogen and oxygen atoms in total. The first-order chi connectivity index (χ1) is 15.9.